The quantitative estimate of drug-likeness (QED) is 0.510. The highest BCUT2D eigenvalue weighted by Gasteiger charge is 2.07. The number of nitrogen functional groups attached to an aromatic ring is 1. The average Bonchev–Trinajstić information content (AvgIpc) is 2.45. The normalized spacial score (nSPS) is 11.2. The zero-order valence-electron chi connectivity index (χ0n) is 11.6. The van der Waals surface area contributed by atoms with Crippen LogP contribution in [0, 0.1) is 6.92 Å². The predicted molar refractivity (Wildman–Crippen MR) is 81.7 cm³/mol. The number of hydrogen-bond donors (Lipinski definition) is 2. The Hall–Kier alpha value is -2.62. The maximum absolute atomic E-state index is 12.0. The van der Waals surface area contributed by atoms with Gasteiger partial charge in [-0.2, -0.15) is 5.10 Å². The number of hydrogen-bond acceptors (Lipinski definition) is 3. The van der Waals surface area contributed by atoms with Crippen LogP contribution >= 0.6 is 0 Å². The van der Waals surface area contributed by atoms with E-state index in [2.05, 4.69) is 10.5 Å². The molecule has 0 aliphatic heterocycles. The fourth-order valence-corrected chi connectivity index (χ4v) is 1.81. The second kappa shape index (κ2) is 6.02. The van der Waals surface area contributed by atoms with Crippen LogP contribution in [0.2, 0.25) is 0 Å². The summed E-state index contributed by atoms with van der Waals surface area (Å²) >= 11 is 0. The van der Waals surface area contributed by atoms with Gasteiger partial charge in [-0.1, -0.05) is 30.3 Å². The van der Waals surface area contributed by atoms with Gasteiger partial charge in [0.1, 0.15) is 0 Å². The number of aryl methyl sites for hydroxylation is 1. The third-order valence-electron chi connectivity index (χ3n) is 3.04. The SMILES string of the molecule is C/C(=N\NC(=O)c1ccccc1C)c1ccc(N)cc1. The Balaban J connectivity index is 2.11. The Labute approximate surface area is 118 Å². The number of carbonyl (C=O) groups excluding carboxylic acids is 1. The first-order chi connectivity index (χ1) is 9.58. The lowest BCUT2D eigenvalue weighted by Crippen LogP contribution is -2.20. The van der Waals surface area contributed by atoms with Crippen LogP contribution in [-0.2, 0) is 0 Å². The van der Waals surface area contributed by atoms with Gasteiger partial charge in [0.05, 0.1) is 5.71 Å². The van der Waals surface area contributed by atoms with Crippen molar-refractivity contribution < 1.29 is 4.79 Å². The summed E-state index contributed by atoms with van der Waals surface area (Å²) in [6.45, 7) is 3.73. The molecule has 0 spiro atoms. The predicted octanol–water partition coefficient (Wildman–Crippen LogP) is 2.73. The number of hydrazone groups is 1. The highest BCUT2D eigenvalue weighted by Crippen LogP contribution is 2.08. The van der Waals surface area contributed by atoms with Crippen molar-refractivity contribution in [1.82, 2.24) is 5.43 Å². The molecular formula is C16H17N3O. The minimum absolute atomic E-state index is 0.210. The van der Waals surface area contributed by atoms with E-state index < -0.39 is 0 Å². The first kappa shape index (κ1) is 13.8. The van der Waals surface area contributed by atoms with E-state index in [1.54, 1.807) is 18.2 Å². The van der Waals surface area contributed by atoms with E-state index in [1.165, 1.54) is 0 Å². The molecule has 0 saturated carbocycles. The highest BCUT2D eigenvalue weighted by atomic mass is 16.2. The van der Waals surface area contributed by atoms with Crippen molar-refractivity contribution in [2.75, 3.05) is 5.73 Å². The molecule has 0 aliphatic carbocycles. The van der Waals surface area contributed by atoms with Gasteiger partial charge in [-0.05, 0) is 43.2 Å². The Morgan fingerprint density at radius 2 is 1.75 bits per heavy atom. The molecule has 4 nitrogen and oxygen atoms in total. The molecule has 102 valence electrons. The van der Waals surface area contributed by atoms with Crippen molar-refractivity contribution in [3.8, 4) is 0 Å². The number of benzene rings is 2. The van der Waals surface area contributed by atoms with Crippen molar-refractivity contribution in [2.45, 2.75) is 13.8 Å². The zero-order valence-corrected chi connectivity index (χ0v) is 11.6. The van der Waals surface area contributed by atoms with Gasteiger partial charge in [-0.15, -0.1) is 0 Å². The summed E-state index contributed by atoms with van der Waals surface area (Å²) < 4.78 is 0. The van der Waals surface area contributed by atoms with E-state index >= 15 is 0 Å². The number of carbonyl (C=O) groups is 1. The molecule has 3 N–H and O–H groups in total. The van der Waals surface area contributed by atoms with E-state index in [0.717, 1.165) is 16.8 Å². The van der Waals surface area contributed by atoms with E-state index in [-0.39, 0.29) is 5.91 Å². The van der Waals surface area contributed by atoms with Crippen LogP contribution in [-0.4, -0.2) is 11.6 Å². The number of nitrogens with two attached hydrogens (primary N) is 1. The lowest BCUT2D eigenvalue weighted by molar-refractivity contribution is 0.0954. The molecule has 4 heteroatoms. The summed E-state index contributed by atoms with van der Waals surface area (Å²) in [5, 5.41) is 4.12. The van der Waals surface area contributed by atoms with Gasteiger partial charge in [0.25, 0.3) is 5.91 Å². The fourth-order valence-electron chi connectivity index (χ4n) is 1.81. The standard InChI is InChI=1S/C16H17N3O/c1-11-5-3-4-6-15(11)16(20)19-18-12(2)13-7-9-14(17)10-8-13/h3-10H,17H2,1-2H3,(H,19,20)/b18-12+. The molecule has 0 atom stereocenters. The zero-order chi connectivity index (χ0) is 14.5. The monoisotopic (exact) mass is 267 g/mol. The van der Waals surface area contributed by atoms with Crippen molar-refractivity contribution in [1.29, 1.82) is 0 Å². The molecule has 0 bridgehead atoms. The van der Waals surface area contributed by atoms with Crippen LogP contribution in [0.15, 0.2) is 53.6 Å². The molecule has 2 rings (SSSR count). The first-order valence-electron chi connectivity index (χ1n) is 6.34. The van der Waals surface area contributed by atoms with Gasteiger partial charge in [-0.25, -0.2) is 5.43 Å². The number of nitrogens with one attached hydrogen (secondary N) is 1. The van der Waals surface area contributed by atoms with Gasteiger partial charge < -0.3 is 5.73 Å². The van der Waals surface area contributed by atoms with E-state index in [1.807, 2.05) is 44.2 Å². The molecule has 0 fully saturated rings. The molecule has 20 heavy (non-hydrogen) atoms. The molecule has 0 aromatic heterocycles. The summed E-state index contributed by atoms with van der Waals surface area (Å²) in [6.07, 6.45) is 0. The van der Waals surface area contributed by atoms with Crippen molar-refractivity contribution in [3.63, 3.8) is 0 Å². The van der Waals surface area contributed by atoms with Gasteiger partial charge in [0.15, 0.2) is 0 Å². The third kappa shape index (κ3) is 3.23. The Morgan fingerprint density at radius 3 is 2.40 bits per heavy atom. The lowest BCUT2D eigenvalue weighted by atomic mass is 10.1. The van der Waals surface area contributed by atoms with Gasteiger partial charge in [0.2, 0.25) is 0 Å². The Bertz CT molecular complexity index is 645. The van der Waals surface area contributed by atoms with Crippen LogP contribution in [0.25, 0.3) is 0 Å². The molecule has 0 aliphatic rings. The Morgan fingerprint density at radius 1 is 1.10 bits per heavy atom. The summed E-state index contributed by atoms with van der Waals surface area (Å²) in [6, 6.07) is 14.7. The number of rotatable bonds is 3. The van der Waals surface area contributed by atoms with E-state index in [9.17, 15) is 4.79 Å². The molecule has 0 unspecified atom stereocenters. The van der Waals surface area contributed by atoms with Gasteiger partial charge in [-0.3, -0.25) is 4.79 Å². The summed E-state index contributed by atoms with van der Waals surface area (Å²) in [5.74, 6) is -0.210. The fraction of sp³-hybridized carbons (Fsp3) is 0.125. The minimum atomic E-state index is -0.210. The molecule has 2 aromatic carbocycles. The molecule has 0 radical (unpaired) electrons. The first-order valence-corrected chi connectivity index (χ1v) is 6.34. The molecule has 1 amide bonds. The smallest absolute Gasteiger partial charge is 0.271 e. The van der Waals surface area contributed by atoms with E-state index in [0.29, 0.717) is 11.3 Å². The maximum Gasteiger partial charge on any atom is 0.271 e. The van der Waals surface area contributed by atoms with Crippen LogP contribution in [0.3, 0.4) is 0 Å². The van der Waals surface area contributed by atoms with Crippen molar-refractivity contribution in [3.05, 3.63) is 65.2 Å². The minimum Gasteiger partial charge on any atom is -0.399 e. The van der Waals surface area contributed by atoms with Crippen LogP contribution in [0.5, 0.6) is 0 Å². The van der Waals surface area contributed by atoms with Gasteiger partial charge in [0, 0.05) is 11.3 Å². The number of nitrogens with zero attached hydrogens (tertiary/aromatic N) is 1. The maximum atomic E-state index is 12.0. The van der Waals surface area contributed by atoms with Crippen molar-refractivity contribution in [2.24, 2.45) is 5.10 Å². The summed E-state index contributed by atoms with van der Waals surface area (Å²) in [4.78, 5) is 12.0. The number of amides is 1. The lowest BCUT2D eigenvalue weighted by Gasteiger charge is -2.05. The average molecular weight is 267 g/mol. The second-order valence-electron chi connectivity index (χ2n) is 4.58. The molecule has 0 heterocycles. The highest BCUT2D eigenvalue weighted by molar-refractivity contribution is 6.01. The van der Waals surface area contributed by atoms with Gasteiger partial charge >= 0.3 is 0 Å². The topological polar surface area (TPSA) is 67.5 Å². The largest absolute Gasteiger partial charge is 0.399 e. The molecular weight excluding hydrogens is 250 g/mol. The second-order valence-corrected chi connectivity index (χ2v) is 4.58. The third-order valence-corrected chi connectivity index (χ3v) is 3.04. The number of anilines is 1. The van der Waals surface area contributed by atoms with Crippen LogP contribution in [0.1, 0.15) is 28.4 Å². The van der Waals surface area contributed by atoms with Crippen LogP contribution < -0.4 is 11.2 Å². The molecule has 2 aromatic rings. The summed E-state index contributed by atoms with van der Waals surface area (Å²) in [5.41, 5.74) is 12.1. The molecule has 0 saturated heterocycles. The van der Waals surface area contributed by atoms with Crippen LogP contribution in [0.4, 0.5) is 5.69 Å². The Kier molecular flexibility index (Phi) is 4.15. The van der Waals surface area contributed by atoms with Crippen molar-refractivity contribution >= 4 is 17.3 Å². The van der Waals surface area contributed by atoms with E-state index in [4.69, 9.17) is 5.73 Å². The summed E-state index contributed by atoms with van der Waals surface area (Å²) in [7, 11) is 0.